The van der Waals surface area contributed by atoms with Gasteiger partial charge in [-0.25, -0.2) is 4.99 Å². The molecule has 0 saturated carbocycles. The molecule has 1 unspecified atom stereocenters. The van der Waals surface area contributed by atoms with Crippen LogP contribution in [0.1, 0.15) is 17.2 Å². The van der Waals surface area contributed by atoms with Gasteiger partial charge >= 0.3 is 0 Å². The van der Waals surface area contributed by atoms with Crippen LogP contribution < -0.4 is 5.32 Å². The van der Waals surface area contributed by atoms with Gasteiger partial charge in [-0.3, -0.25) is 4.57 Å². The molecule has 3 heterocycles. The van der Waals surface area contributed by atoms with Crippen LogP contribution in [0.5, 0.6) is 0 Å². The molecule has 208 valence electrons. The van der Waals surface area contributed by atoms with E-state index in [1.54, 1.807) is 0 Å². The number of para-hydroxylation sites is 1. The molecule has 0 amide bonds. The van der Waals surface area contributed by atoms with Crippen LogP contribution in [-0.4, -0.2) is 10.5 Å². The van der Waals surface area contributed by atoms with Crippen molar-refractivity contribution in [2.24, 2.45) is 4.99 Å². The van der Waals surface area contributed by atoms with Crippen LogP contribution in [0.3, 0.4) is 0 Å². The number of thiophene rings is 1. The average molecular weight is 582 g/mol. The summed E-state index contributed by atoms with van der Waals surface area (Å²) in [6, 6.07) is 52.0. The molecule has 4 heteroatoms. The topological polar surface area (TPSA) is 29.3 Å². The highest BCUT2D eigenvalue weighted by Crippen LogP contribution is 2.41. The third-order valence-electron chi connectivity index (χ3n) is 8.66. The lowest BCUT2D eigenvalue weighted by Crippen LogP contribution is -2.35. The molecule has 0 fully saturated rings. The summed E-state index contributed by atoms with van der Waals surface area (Å²) in [5.41, 5.74) is 8.03. The van der Waals surface area contributed by atoms with Gasteiger partial charge in [-0.1, -0.05) is 121 Å². The van der Waals surface area contributed by atoms with Crippen LogP contribution in [0.2, 0.25) is 0 Å². The molecule has 2 aromatic heterocycles. The molecule has 0 bridgehead atoms. The van der Waals surface area contributed by atoms with E-state index in [0.29, 0.717) is 0 Å². The molecule has 1 aliphatic heterocycles. The van der Waals surface area contributed by atoms with Crippen LogP contribution in [0, 0.1) is 0 Å². The molecule has 1 aliphatic rings. The van der Waals surface area contributed by atoms with E-state index < -0.39 is 0 Å². The van der Waals surface area contributed by atoms with Crippen molar-refractivity contribution in [2.75, 3.05) is 0 Å². The smallest absolute Gasteiger partial charge is 0.209 e. The molecule has 0 radical (unpaired) electrons. The molecule has 8 aromatic rings. The van der Waals surface area contributed by atoms with Crippen LogP contribution in [0.4, 0.5) is 0 Å². The second-order valence-electron chi connectivity index (χ2n) is 11.3. The Kier molecular flexibility index (Phi) is 5.75. The van der Waals surface area contributed by atoms with E-state index in [9.17, 15) is 0 Å². The van der Waals surface area contributed by atoms with Crippen LogP contribution in [0.25, 0.3) is 58.8 Å². The highest BCUT2D eigenvalue weighted by molar-refractivity contribution is 7.26. The molecule has 1 N–H and O–H groups in total. The summed E-state index contributed by atoms with van der Waals surface area (Å²) in [5, 5.41) is 8.85. The summed E-state index contributed by atoms with van der Waals surface area (Å²) < 4.78 is 4.95. The number of nitrogens with zero attached hydrogens (tertiary/aromatic N) is 2. The SMILES string of the molecule is C1=C(c2ccccc2)N=C(n2c3ccccc3c3cc(-c4cccc5c4sc4ccccc45)ccc32)NC1c1ccccc1. The van der Waals surface area contributed by atoms with Gasteiger partial charge in [0.1, 0.15) is 0 Å². The first kappa shape index (κ1) is 25.1. The van der Waals surface area contributed by atoms with Gasteiger partial charge in [-0.15, -0.1) is 11.3 Å². The van der Waals surface area contributed by atoms with Gasteiger partial charge in [-0.05, 0) is 47.0 Å². The predicted octanol–water partition coefficient (Wildman–Crippen LogP) is 10.4. The third kappa shape index (κ3) is 3.99. The first-order valence-corrected chi connectivity index (χ1v) is 15.8. The molecule has 0 saturated heterocycles. The lowest BCUT2D eigenvalue weighted by atomic mass is 10.0. The van der Waals surface area contributed by atoms with Crippen molar-refractivity contribution >= 4 is 65.0 Å². The van der Waals surface area contributed by atoms with E-state index in [1.165, 1.54) is 47.6 Å². The second kappa shape index (κ2) is 10.1. The second-order valence-corrected chi connectivity index (χ2v) is 12.3. The molecular weight excluding hydrogens is 555 g/mol. The first-order valence-electron chi connectivity index (χ1n) is 14.9. The van der Waals surface area contributed by atoms with Gasteiger partial charge < -0.3 is 5.32 Å². The van der Waals surface area contributed by atoms with Crippen molar-refractivity contribution in [3.63, 3.8) is 0 Å². The standard InChI is InChI=1S/C40H27N3S/c1-3-12-26(13-4-1)34-25-35(27-14-5-2-6-15-27)42-40(41-34)43-36-20-9-7-16-30(36)33-24-28(22-23-37(33)43)29-18-11-19-32-31-17-8-10-21-38(31)44-39(29)32/h1-25,34H,(H,41,42). The number of fused-ring (bicyclic) bond motifs is 6. The van der Waals surface area contributed by atoms with E-state index in [0.717, 1.165) is 28.3 Å². The monoisotopic (exact) mass is 581 g/mol. The Bertz CT molecular complexity index is 2410. The van der Waals surface area contributed by atoms with Crippen LogP contribution in [-0.2, 0) is 0 Å². The summed E-state index contributed by atoms with van der Waals surface area (Å²) in [7, 11) is 0. The number of aromatic nitrogens is 1. The predicted molar refractivity (Wildman–Crippen MR) is 187 cm³/mol. The zero-order valence-corrected chi connectivity index (χ0v) is 24.6. The van der Waals surface area contributed by atoms with E-state index in [-0.39, 0.29) is 6.04 Å². The fourth-order valence-electron chi connectivity index (χ4n) is 6.59. The maximum atomic E-state index is 5.25. The molecule has 3 nitrogen and oxygen atoms in total. The van der Waals surface area contributed by atoms with Crippen molar-refractivity contribution in [1.29, 1.82) is 0 Å². The van der Waals surface area contributed by atoms with Crippen molar-refractivity contribution in [2.45, 2.75) is 6.04 Å². The van der Waals surface area contributed by atoms with Gasteiger partial charge in [0.2, 0.25) is 5.96 Å². The minimum Gasteiger partial charge on any atom is -0.345 e. The normalized spacial score (nSPS) is 15.0. The van der Waals surface area contributed by atoms with Gasteiger partial charge in [0.15, 0.2) is 0 Å². The Morgan fingerprint density at radius 2 is 1.27 bits per heavy atom. The fraction of sp³-hybridized carbons (Fsp3) is 0.0250. The number of benzene rings is 6. The summed E-state index contributed by atoms with van der Waals surface area (Å²) in [6.45, 7) is 0. The van der Waals surface area contributed by atoms with Crippen LogP contribution >= 0.6 is 11.3 Å². The van der Waals surface area contributed by atoms with E-state index in [4.69, 9.17) is 4.99 Å². The highest BCUT2D eigenvalue weighted by atomic mass is 32.1. The molecule has 0 spiro atoms. The Morgan fingerprint density at radius 1 is 0.568 bits per heavy atom. The van der Waals surface area contributed by atoms with E-state index in [1.807, 2.05) is 17.4 Å². The lowest BCUT2D eigenvalue weighted by Gasteiger charge is -2.25. The Morgan fingerprint density at radius 3 is 2.14 bits per heavy atom. The zero-order valence-electron chi connectivity index (χ0n) is 23.8. The average Bonchev–Trinajstić information content (AvgIpc) is 3.64. The number of hydrogen-bond donors (Lipinski definition) is 1. The maximum Gasteiger partial charge on any atom is 0.209 e. The van der Waals surface area contributed by atoms with E-state index in [2.05, 4.69) is 155 Å². The molecule has 1 atom stereocenters. The van der Waals surface area contributed by atoms with Crippen LogP contribution in [0.15, 0.2) is 157 Å². The summed E-state index contributed by atoms with van der Waals surface area (Å²) in [6.07, 6.45) is 2.23. The van der Waals surface area contributed by atoms with E-state index >= 15 is 0 Å². The molecule has 44 heavy (non-hydrogen) atoms. The van der Waals surface area contributed by atoms with Gasteiger partial charge in [-0.2, -0.15) is 0 Å². The largest absolute Gasteiger partial charge is 0.345 e. The Hall–Kier alpha value is -5.45. The van der Waals surface area contributed by atoms with Gasteiger partial charge in [0.25, 0.3) is 0 Å². The van der Waals surface area contributed by atoms with Gasteiger partial charge in [0, 0.05) is 36.5 Å². The molecule has 9 rings (SSSR count). The Balaban J connectivity index is 1.25. The number of aliphatic imine (C=N–C) groups is 1. The number of hydrogen-bond acceptors (Lipinski definition) is 3. The maximum absolute atomic E-state index is 5.25. The molecule has 6 aromatic carbocycles. The molecular formula is C40H27N3S. The van der Waals surface area contributed by atoms with Crippen molar-refractivity contribution < 1.29 is 0 Å². The Labute approximate surface area is 259 Å². The number of rotatable bonds is 3. The third-order valence-corrected chi connectivity index (χ3v) is 9.88. The highest BCUT2D eigenvalue weighted by Gasteiger charge is 2.23. The first-order chi connectivity index (χ1) is 21.8. The lowest BCUT2D eigenvalue weighted by molar-refractivity contribution is 0.760. The molecule has 0 aliphatic carbocycles. The quantitative estimate of drug-likeness (QED) is 0.221. The summed E-state index contributed by atoms with van der Waals surface area (Å²) in [5.74, 6) is 0.825. The van der Waals surface area contributed by atoms with Crippen molar-refractivity contribution in [3.05, 3.63) is 163 Å². The van der Waals surface area contributed by atoms with Crippen molar-refractivity contribution in [3.8, 4) is 11.1 Å². The minimum atomic E-state index is -0.0139. The zero-order chi connectivity index (χ0) is 29.0. The van der Waals surface area contributed by atoms with Crippen molar-refractivity contribution in [1.82, 2.24) is 9.88 Å². The number of nitrogens with one attached hydrogen (secondary N) is 1. The minimum absolute atomic E-state index is 0.0139. The summed E-state index contributed by atoms with van der Waals surface area (Å²) in [4.78, 5) is 5.25. The van der Waals surface area contributed by atoms with Gasteiger partial charge in [0.05, 0.1) is 22.8 Å². The fourth-order valence-corrected chi connectivity index (χ4v) is 7.83. The summed E-state index contributed by atoms with van der Waals surface area (Å²) >= 11 is 1.88.